The average molecular weight is 476 g/mol. The lowest BCUT2D eigenvalue weighted by Gasteiger charge is -2.35. The number of pyridine rings is 2. The monoisotopic (exact) mass is 476 g/mol. The topological polar surface area (TPSA) is 131 Å². The zero-order chi connectivity index (χ0) is 24.8. The molecular weight excluding hydrogens is 452 g/mol. The van der Waals surface area contributed by atoms with Gasteiger partial charge in [-0.1, -0.05) is 0 Å². The highest BCUT2D eigenvalue weighted by molar-refractivity contribution is 6.05. The predicted octanol–water partition coefficient (Wildman–Crippen LogP) is 2.88. The molecule has 4 rings (SSSR count). The molecule has 0 atom stereocenters. The van der Waals surface area contributed by atoms with Crippen LogP contribution in [0.15, 0.2) is 61.1 Å². The fourth-order valence-electron chi connectivity index (χ4n) is 3.76. The van der Waals surface area contributed by atoms with Gasteiger partial charge < -0.3 is 19.9 Å². The lowest BCUT2D eigenvalue weighted by Crippen LogP contribution is -2.48. The van der Waals surface area contributed by atoms with Crippen molar-refractivity contribution in [1.29, 1.82) is 0 Å². The number of anilines is 2. The second-order valence-corrected chi connectivity index (χ2v) is 7.90. The van der Waals surface area contributed by atoms with Crippen LogP contribution in [0.25, 0.3) is 0 Å². The second-order valence-electron chi connectivity index (χ2n) is 7.90. The van der Waals surface area contributed by atoms with Crippen molar-refractivity contribution in [3.05, 3.63) is 82.3 Å². The molecular formula is C24H24N6O5. The van der Waals surface area contributed by atoms with Crippen molar-refractivity contribution in [1.82, 2.24) is 14.9 Å². The van der Waals surface area contributed by atoms with Gasteiger partial charge in [0.05, 0.1) is 4.92 Å². The van der Waals surface area contributed by atoms with Crippen LogP contribution in [-0.4, -0.2) is 57.8 Å². The van der Waals surface area contributed by atoms with Gasteiger partial charge in [-0.2, -0.15) is 0 Å². The molecule has 11 heteroatoms. The standard InChI is InChI=1S/C24H24N6O5/c1-17(31)28-11-13-29(14-12-28)20-5-4-19(15-21(20)30(33)34)24(32)27-23-22(3-2-8-26-23)35-16-18-6-9-25-10-7-18/h2-10,15H,11-14,16H2,1H3,(H,26,27,32). The largest absolute Gasteiger partial charge is 0.485 e. The molecule has 0 bridgehead atoms. The summed E-state index contributed by atoms with van der Waals surface area (Å²) in [5.41, 5.74) is 1.25. The summed E-state index contributed by atoms with van der Waals surface area (Å²) in [7, 11) is 0. The molecule has 1 aliphatic rings. The number of aromatic nitrogens is 2. The Morgan fingerprint density at radius 1 is 1.09 bits per heavy atom. The Labute approximate surface area is 201 Å². The molecule has 180 valence electrons. The molecule has 0 saturated carbocycles. The van der Waals surface area contributed by atoms with E-state index in [1.807, 2.05) is 17.0 Å². The molecule has 1 saturated heterocycles. The summed E-state index contributed by atoms with van der Waals surface area (Å²) in [5, 5.41) is 14.5. The fraction of sp³-hybridized carbons (Fsp3) is 0.250. The van der Waals surface area contributed by atoms with E-state index in [9.17, 15) is 19.7 Å². The third kappa shape index (κ3) is 5.69. The van der Waals surface area contributed by atoms with Crippen LogP contribution in [0.3, 0.4) is 0 Å². The second kappa shape index (κ2) is 10.6. The molecule has 1 aliphatic heterocycles. The quantitative estimate of drug-likeness (QED) is 0.407. The van der Waals surface area contributed by atoms with Gasteiger partial charge >= 0.3 is 0 Å². The Balaban J connectivity index is 1.49. The van der Waals surface area contributed by atoms with Crippen LogP contribution < -0.4 is 15.0 Å². The van der Waals surface area contributed by atoms with Crippen LogP contribution in [0.1, 0.15) is 22.8 Å². The highest BCUT2D eigenvalue weighted by atomic mass is 16.6. The van der Waals surface area contributed by atoms with Crippen molar-refractivity contribution in [2.24, 2.45) is 0 Å². The van der Waals surface area contributed by atoms with Gasteiger partial charge in [-0.25, -0.2) is 4.98 Å². The number of amides is 2. The van der Waals surface area contributed by atoms with Crippen LogP contribution in [-0.2, 0) is 11.4 Å². The summed E-state index contributed by atoms with van der Waals surface area (Å²) < 4.78 is 5.80. The number of nitro groups is 1. The number of hydrogen-bond donors (Lipinski definition) is 1. The molecule has 1 N–H and O–H groups in total. The maximum atomic E-state index is 12.9. The molecule has 1 fully saturated rings. The molecule has 0 aliphatic carbocycles. The molecule has 0 spiro atoms. The first-order chi connectivity index (χ1) is 16.9. The smallest absolute Gasteiger partial charge is 0.293 e. The average Bonchev–Trinajstić information content (AvgIpc) is 2.88. The number of carbonyl (C=O) groups is 2. The SMILES string of the molecule is CC(=O)N1CCN(c2ccc(C(=O)Nc3ncccc3OCc3ccncc3)cc2[N+](=O)[O-])CC1. The number of hydrogen-bond acceptors (Lipinski definition) is 8. The van der Waals surface area contributed by atoms with E-state index >= 15 is 0 Å². The Morgan fingerprint density at radius 2 is 1.83 bits per heavy atom. The van der Waals surface area contributed by atoms with Crippen LogP contribution >= 0.6 is 0 Å². The van der Waals surface area contributed by atoms with E-state index in [1.54, 1.807) is 35.5 Å². The third-order valence-corrected chi connectivity index (χ3v) is 5.65. The van der Waals surface area contributed by atoms with E-state index in [2.05, 4.69) is 15.3 Å². The van der Waals surface area contributed by atoms with E-state index in [0.29, 0.717) is 37.6 Å². The molecule has 2 amide bonds. The van der Waals surface area contributed by atoms with E-state index in [-0.39, 0.29) is 29.6 Å². The molecule has 0 unspecified atom stereocenters. The van der Waals surface area contributed by atoms with E-state index in [1.165, 1.54) is 25.3 Å². The fourth-order valence-corrected chi connectivity index (χ4v) is 3.76. The first-order valence-corrected chi connectivity index (χ1v) is 11.0. The zero-order valence-corrected chi connectivity index (χ0v) is 19.1. The Kier molecular flexibility index (Phi) is 7.15. The van der Waals surface area contributed by atoms with Crippen LogP contribution in [0, 0.1) is 10.1 Å². The Bertz CT molecular complexity index is 1230. The third-order valence-electron chi connectivity index (χ3n) is 5.65. The molecule has 3 heterocycles. The minimum Gasteiger partial charge on any atom is -0.485 e. The number of rotatable bonds is 7. The van der Waals surface area contributed by atoms with E-state index in [0.717, 1.165) is 5.56 Å². The summed E-state index contributed by atoms with van der Waals surface area (Å²) in [6.45, 7) is 3.67. The highest BCUT2D eigenvalue weighted by Crippen LogP contribution is 2.31. The molecule has 11 nitrogen and oxygen atoms in total. The molecule has 35 heavy (non-hydrogen) atoms. The minimum absolute atomic E-state index is 0.0233. The molecule has 2 aromatic heterocycles. The summed E-state index contributed by atoms with van der Waals surface area (Å²) in [4.78, 5) is 47.5. The van der Waals surface area contributed by atoms with Gasteiger partial charge in [0.2, 0.25) is 5.91 Å². The zero-order valence-electron chi connectivity index (χ0n) is 19.1. The van der Waals surface area contributed by atoms with Crippen molar-refractivity contribution >= 4 is 29.0 Å². The van der Waals surface area contributed by atoms with Gasteiger partial charge in [0.25, 0.3) is 11.6 Å². The molecule has 1 aromatic carbocycles. The van der Waals surface area contributed by atoms with Gasteiger partial charge in [-0.3, -0.25) is 24.7 Å². The highest BCUT2D eigenvalue weighted by Gasteiger charge is 2.26. The molecule has 3 aromatic rings. The lowest BCUT2D eigenvalue weighted by atomic mass is 10.1. The van der Waals surface area contributed by atoms with Crippen molar-refractivity contribution in [2.75, 3.05) is 36.4 Å². The van der Waals surface area contributed by atoms with Crippen LogP contribution in [0.2, 0.25) is 0 Å². The minimum atomic E-state index is -0.548. The molecule has 0 radical (unpaired) electrons. The number of benzene rings is 1. The number of nitrogens with one attached hydrogen (secondary N) is 1. The number of carbonyl (C=O) groups excluding carboxylic acids is 2. The van der Waals surface area contributed by atoms with E-state index in [4.69, 9.17) is 4.74 Å². The number of nitrogens with zero attached hydrogens (tertiary/aromatic N) is 5. The number of nitro benzene ring substituents is 1. The number of ether oxygens (including phenoxy) is 1. The summed E-state index contributed by atoms with van der Waals surface area (Å²) in [6, 6.07) is 11.3. The lowest BCUT2D eigenvalue weighted by molar-refractivity contribution is -0.384. The Hall–Kier alpha value is -4.54. The van der Waals surface area contributed by atoms with Crippen LogP contribution in [0.4, 0.5) is 17.2 Å². The first kappa shape index (κ1) is 23.6. The normalized spacial score (nSPS) is 13.3. The maximum absolute atomic E-state index is 12.9. The van der Waals surface area contributed by atoms with Crippen LogP contribution in [0.5, 0.6) is 5.75 Å². The predicted molar refractivity (Wildman–Crippen MR) is 128 cm³/mol. The first-order valence-electron chi connectivity index (χ1n) is 11.0. The van der Waals surface area contributed by atoms with Crippen molar-refractivity contribution < 1.29 is 19.2 Å². The van der Waals surface area contributed by atoms with Gasteiger partial charge in [0.1, 0.15) is 12.3 Å². The maximum Gasteiger partial charge on any atom is 0.293 e. The van der Waals surface area contributed by atoms with E-state index < -0.39 is 10.8 Å². The summed E-state index contributed by atoms with van der Waals surface area (Å²) >= 11 is 0. The van der Waals surface area contributed by atoms with Gasteiger partial charge in [-0.15, -0.1) is 0 Å². The van der Waals surface area contributed by atoms with Gasteiger partial charge in [0, 0.05) is 63.3 Å². The van der Waals surface area contributed by atoms with Gasteiger partial charge in [-0.05, 0) is 42.0 Å². The number of piperazine rings is 1. The summed E-state index contributed by atoms with van der Waals surface area (Å²) in [6.07, 6.45) is 4.83. The van der Waals surface area contributed by atoms with Gasteiger partial charge in [0.15, 0.2) is 11.6 Å². The van der Waals surface area contributed by atoms with Crippen molar-refractivity contribution in [3.8, 4) is 5.75 Å². The Morgan fingerprint density at radius 3 is 2.51 bits per heavy atom. The van der Waals surface area contributed by atoms with Crippen molar-refractivity contribution in [3.63, 3.8) is 0 Å². The van der Waals surface area contributed by atoms with Crippen molar-refractivity contribution in [2.45, 2.75) is 13.5 Å². The summed E-state index contributed by atoms with van der Waals surface area (Å²) in [5.74, 6) is 0.00379.